The van der Waals surface area contributed by atoms with Crippen LogP contribution in [0, 0.1) is 0 Å². The van der Waals surface area contributed by atoms with Crippen molar-refractivity contribution in [3.63, 3.8) is 0 Å². The van der Waals surface area contributed by atoms with E-state index in [4.69, 9.17) is 9.97 Å². The maximum atomic E-state index is 4.84. The molecule has 0 saturated carbocycles. The van der Waals surface area contributed by atoms with Crippen LogP contribution in [0.4, 0.5) is 0 Å². The molecule has 2 aromatic heterocycles. The van der Waals surface area contributed by atoms with Crippen LogP contribution in [0.15, 0.2) is 23.5 Å². The van der Waals surface area contributed by atoms with Gasteiger partial charge in [0.15, 0.2) is 0 Å². The fraction of sp³-hybridized carbons (Fsp3) is 0.579. The highest BCUT2D eigenvalue weighted by Crippen LogP contribution is 2.36. The number of aromatic nitrogens is 4. The molecule has 0 aromatic carbocycles. The van der Waals surface area contributed by atoms with Crippen molar-refractivity contribution in [1.82, 2.24) is 19.9 Å². The zero-order valence-corrected chi connectivity index (χ0v) is 16.8. The van der Waals surface area contributed by atoms with Gasteiger partial charge in [0.25, 0.3) is 0 Å². The van der Waals surface area contributed by atoms with E-state index in [0.717, 1.165) is 28.7 Å². The lowest BCUT2D eigenvalue weighted by Crippen LogP contribution is -2.06. The Labute approximate surface area is 148 Å². The first-order valence-electron chi connectivity index (χ1n) is 8.68. The molecular weight excluding hydrogens is 316 g/mol. The molecule has 1 unspecified atom stereocenters. The third-order valence-corrected chi connectivity index (χ3v) is 5.79. The van der Waals surface area contributed by atoms with Crippen LogP contribution in [0.25, 0.3) is 0 Å². The predicted octanol–water partition coefficient (Wildman–Crippen LogP) is 4.83. The summed E-state index contributed by atoms with van der Waals surface area (Å²) in [6, 6.07) is 4.32. The van der Waals surface area contributed by atoms with Gasteiger partial charge in [-0.15, -0.1) is 0 Å². The lowest BCUT2D eigenvalue weighted by atomic mass is 10.1. The van der Waals surface area contributed by atoms with Crippen LogP contribution in [0.5, 0.6) is 0 Å². The van der Waals surface area contributed by atoms with Gasteiger partial charge in [0.1, 0.15) is 12.2 Å². The van der Waals surface area contributed by atoms with Gasteiger partial charge in [0.05, 0.1) is 10.7 Å². The fourth-order valence-electron chi connectivity index (χ4n) is 2.36. The van der Waals surface area contributed by atoms with Crippen LogP contribution in [-0.4, -0.2) is 26.2 Å². The van der Waals surface area contributed by atoms with Gasteiger partial charge >= 0.3 is 0 Å². The molecule has 0 saturated heterocycles. The molecular formula is C19H30N4S. The largest absolute Gasteiger partial charge is 0.241 e. The minimum Gasteiger partial charge on any atom is -0.241 e. The molecule has 2 rings (SSSR count). The zero-order valence-electron chi connectivity index (χ0n) is 15.9. The van der Waals surface area contributed by atoms with Crippen molar-refractivity contribution < 1.29 is 0 Å². The van der Waals surface area contributed by atoms with E-state index in [2.05, 4.69) is 69.9 Å². The Morgan fingerprint density at radius 3 is 2.08 bits per heavy atom. The summed E-state index contributed by atoms with van der Waals surface area (Å²) in [5.41, 5.74) is 3.36. The van der Waals surface area contributed by atoms with Crippen molar-refractivity contribution >= 4 is 10.9 Å². The van der Waals surface area contributed by atoms with E-state index in [1.807, 2.05) is 0 Å². The van der Waals surface area contributed by atoms with E-state index in [-0.39, 0.29) is 0 Å². The molecule has 0 bridgehead atoms. The first kappa shape index (κ1) is 18.8. The fourth-order valence-corrected chi connectivity index (χ4v) is 3.81. The second-order valence-electron chi connectivity index (χ2n) is 7.26. The minimum absolute atomic E-state index is 0.345. The molecule has 2 aromatic rings. The summed E-state index contributed by atoms with van der Waals surface area (Å²) in [5.74, 6) is 3.07. The van der Waals surface area contributed by atoms with Crippen LogP contribution >= 0.6 is 10.9 Å². The molecule has 0 aliphatic carbocycles. The molecule has 4 nitrogen and oxygen atoms in total. The molecule has 24 heavy (non-hydrogen) atoms. The first-order chi connectivity index (χ1) is 11.3. The van der Waals surface area contributed by atoms with Gasteiger partial charge in [0, 0.05) is 23.1 Å². The second-order valence-corrected chi connectivity index (χ2v) is 9.43. The van der Waals surface area contributed by atoms with Crippen molar-refractivity contribution in [1.29, 1.82) is 0 Å². The third kappa shape index (κ3) is 4.76. The Morgan fingerprint density at radius 2 is 1.50 bits per heavy atom. The van der Waals surface area contributed by atoms with Crippen molar-refractivity contribution in [2.75, 3.05) is 6.26 Å². The van der Waals surface area contributed by atoms with Crippen molar-refractivity contribution in [3.05, 3.63) is 41.4 Å². The quantitative estimate of drug-likeness (QED) is 0.601. The highest BCUT2D eigenvalue weighted by Gasteiger charge is 2.14. The van der Waals surface area contributed by atoms with Crippen LogP contribution in [0.2, 0.25) is 0 Å². The molecule has 132 valence electrons. The molecule has 0 radical (unpaired) electrons. The average molecular weight is 347 g/mol. The van der Waals surface area contributed by atoms with Crippen LogP contribution in [0.1, 0.15) is 82.2 Å². The maximum Gasteiger partial charge on any atom is 0.132 e. The summed E-state index contributed by atoms with van der Waals surface area (Å²) in [5, 5.41) is 1.18. The van der Waals surface area contributed by atoms with Crippen molar-refractivity contribution in [3.8, 4) is 0 Å². The Morgan fingerprint density at radius 1 is 0.833 bits per heavy atom. The van der Waals surface area contributed by atoms with Gasteiger partial charge in [-0.25, -0.2) is 30.8 Å². The van der Waals surface area contributed by atoms with E-state index in [1.54, 1.807) is 6.33 Å². The summed E-state index contributed by atoms with van der Waals surface area (Å²) in [6.07, 6.45) is 3.97. The summed E-state index contributed by atoms with van der Waals surface area (Å²) in [7, 11) is -0.407. The topological polar surface area (TPSA) is 51.6 Å². The molecule has 5 heteroatoms. The van der Waals surface area contributed by atoms with Crippen LogP contribution in [0.3, 0.4) is 0 Å². The van der Waals surface area contributed by atoms with Crippen molar-refractivity contribution in [2.24, 2.45) is 0 Å². The predicted molar refractivity (Wildman–Crippen MR) is 103 cm³/mol. The lowest BCUT2D eigenvalue weighted by Gasteiger charge is -2.19. The molecule has 0 aliphatic rings. The smallest absolute Gasteiger partial charge is 0.132 e. The van der Waals surface area contributed by atoms with Gasteiger partial charge in [0.2, 0.25) is 0 Å². The van der Waals surface area contributed by atoms with Crippen LogP contribution in [-0.2, 0) is 5.75 Å². The molecule has 0 amide bonds. The molecule has 1 atom stereocenters. The summed E-state index contributed by atoms with van der Waals surface area (Å²) >= 11 is 0. The number of hydrogen-bond donors (Lipinski definition) is 1. The second kappa shape index (κ2) is 8.06. The maximum absolute atomic E-state index is 4.84. The number of nitrogens with zero attached hydrogens (tertiary/aromatic N) is 4. The standard InChI is InChI=1S/C19H30N4S/c1-12(2)16-8-15(20-11-21-16)10-24(7)18-9-17(13(3)4)22-19(23-18)14(5)6/h8-9,11-14,24H,10H2,1-7H3. The van der Waals surface area contributed by atoms with Gasteiger partial charge < -0.3 is 0 Å². The van der Waals surface area contributed by atoms with E-state index < -0.39 is 10.9 Å². The molecule has 0 fully saturated rings. The minimum atomic E-state index is -0.407. The van der Waals surface area contributed by atoms with E-state index in [0.29, 0.717) is 17.8 Å². The highest BCUT2D eigenvalue weighted by atomic mass is 32.2. The molecule has 0 N–H and O–H groups in total. The van der Waals surface area contributed by atoms with Gasteiger partial charge in [-0.2, -0.15) is 0 Å². The normalized spacial score (nSPS) is 13.8. The van der Waals surface area contributed by atoms with E-state index in [1.165, 1.54) is 5.03 Å². The zero-order chi connectivity index (χ0) is 17.9. The third-order valence-electron chi connectivity index (χ3n) is 3.98. The highest BCUT2D eigenvalue weighted by molar-refractivity contribution is 8.15. The average Bonchev–Trinajstić information content (AvgIpc) is 2.54. The Bertz CT molecular complexity index is 657. The summed E-state index contributed by atoms with van der Waals surface area (Å²) < 4.78 is 0. The number of rotatable bonds is 6. The molecule has 2 heterocycles. The molecule has 0 aliphatic heterocycles. The Kier molecular flexibility index (Phi) is 6.33. The van der Waals surface area contributed by atoms with Gasteiger partial charge in [-0.3, -0.25) is 0 Å². The number of hydrogen-bond acceptors (Lipinski definition) is 4. The van der Waals surface area contributed by atoms with E-state index >= 15 is 0 Å². The SMILES string of the molecule is CC(C)c1cc(C[SH](C)c2cc(C(C)C)nc(C(C)C)n2)ncn1. The van der Waals surface area contributed by atoms with Crippen LogP contribution < -0.4 is 0 Å². The van der Waals surface area contributed by atoms with Gasteiger partial charge in [-0.1, -0.05) is 41.5 Å². The van der Waals surface area contributed by atoms with Crippen molar-refractivity contribution in [2.45, 2.75) is 70.1 Å². The Balaban J connectivity index is 2.28. The van der Waals surface area contributed by atoms with Gasteiger partial charge in [-0.05, 0) is 30.2 Å². The van der Waals surface area contributed by atoms with E-state index in [9.17, 15) is 0 Å². The Hall–Kier alpha value is -1.49. The number of thiol groups is 1. The summed E-state index contributed by atoms with van der Waals surface area (Å²) in [4.78, 5) is 18.4. The molecule has 0 spiro atoms. The monoisotopic (exact) mass is 346 g/mol. The lowest BCUT2D eigenvalue weighted by molar-refractivity contribution is 0.708. The summed E-state index contributed by atoms with van der Waals surface area (Å²) in [6.45, 7) is 13.0. The first-order valence-corrected chi connectivity index (χ1v) is 10.7.